The minimum absolute atomic E-state index is 0.110. The molecule has 0 aliphatic carbocycles. The first-order valence-electron chi connectivity index (χ1n) is 6.66. The van der Waals surface area contributed by atoms with Crippen LogP contribution in [-0.4, -0.2) is 24.0 Å². The van der Waals surface area contributed by atoms with Crippen LogP contribution in [0.4, 0.5) is 5.13 Å². The van der Waals surface area contributed by atoms with Gasteiger partial charge in [0.25, 0.3) is 0 Å². The zero-order chi connectivity index (χ0) is 13.0. The maximum absolute atomic E-state index is 11.9. The number of nitrogens with one attached hydrogen (secondary N) is 2. The number of piperidine rings is 1. The van der Waals surface area contributed by atoms with Crippen LogP contribution in [0.2, 0.25) is 0 Å². The lowest BCUT2D eigenvalue weighted by atomic mass is 9.94. The second-order valence-electron chi connectivity index (χ2n) is 4.82. The lowest BCUT2D eigenvalue weighted by Crippen LogP contribution is -2.30. The average Bonchev–Trinajstić information content (AvgIpc) is 2.70. The van der Waals surface area contributed by atoms with Gasteiger partial charge in [-0.3, -0.25) is 4.79 Å². The van der Waals surface area contributed by atoms with Gasteiger partial charge in [0.05, 0.1) is 5.69 Å². The summed E-state index contributed by atoms with van der Waals surface area (Å²) >= 11 is 1.57. The van der Waals surface area contributed by atoms with E-state index >= 15 is 0 Å². The number of aromatic nitrogens is 1. The topological polar surface area (TPSA) is 54.0 Å². The van der Waals surface area contributed by atoms with Gasteiger partial charge in [0.2, 0.25) is 5.91 Å². The molecule has 4 nitrogen and oxygen atoms in total. The van der Waals surface area contributed by atoms with E-state index in [9.17, 15) is 4.79 Å². The molecule has 1 aromatic rings. The molecule has 1 aromatic heterocycles. The third kappa shape index (κ3) is 3.53. The van der Waals surface area contributed by atoms with E-state index in [4.69, 9.17) is 0 Å². The zero-order valence-electron chi connectivity index (χ0n) is 11.1. The van der Waals surface area contributed by atoms with Crippen LogP contribution < -0.4 is 10.6 Å². The highest BCUT2D eigenvalue weighted by atomic mass is 32.1. The molecule has 100 valence electrons. The van der Waals surface area contributed by atoms with E-state index in [1.165, 1.54) is 4.88 Å². The molecule has 0 radical (unpaired) electrons. The first-order chi connectivity index (χ1) is 8.69. The molecule has 1 aliphatic heterocycles. The summed E-state index contributed by atoms with van der Waals surface area (Å²) in [6, 6.07) is 0. The third-order valence-corrected chi connectivity index (χ3v) is 4.34. The molecule has 18 heavy (non-hydrogen) atoms. The van der Waals surface area contributed by atoms with Gasteiger partial charge in [-0.25, -0.2) is 4.98 Å². The number of amides is 1. The van der Waals surface area contributed by atoms with E-state index < -0.39 is 0 Å². The molecule has 0 atom stereocenters. The lowest BCUT2D eigenvalue weighted by molar-refractivity contribution is -0.117. The van der Waals surface area contributed by atoms with Crippen molar-refractivity contribution in [1.82, 2.24) is 10.3 Å². The molecule has 1 amide bonds. The Morgan fingerprint density at radius 3 is 2.83 bits per heavy atom. The SMILES string of the molecule is CCc1nc(NC(=O)CC2CCNCC2)sc1C. The molecule has 0 unspecified atom stereocenters. The van der Waals surface area contributed by atoms with Crippen molar-refractivity contribution in [1.29, 1.82) is 0 Å². The number of hydrogen-bond acceptors (Lipinski definition) is 4. The monoisotopic (exact) mass is 267 g/mol. The Balaban J connectivity index is 1.86. The predicted octanol–water partition coefficient (Wildman–Crippen LogP) is 2.34. The van der Waals surface area contributed by atoms with E-state index in [1.54, 1.807) is 11.3 Å². The molecule has 1 fully saturated rings. The minimum Gasteiger partial charge on any atom is -0.317 e. The minimum atomic E-state index is 0.110. The van der Waals surface area contributed by atoms with Crippen LogP contribution in [-0.2, 0) is 11.2 Å². The fourth-order valence-corrected chi connectivity index (χ4v) is 3.25. The number of nitrogens with zero attached hydrogens (tertiary/aromatic N) is 1. The fraction of sp³-hybridized carbons (Fsp3) is 0.692. The van der Waals surface area contributed by atoms with Gasteiger partial charge in [-0.05, 0) is 45.2 Å². The van der Waals surface area contributed by atoms with Gasteiger partial charge < -0.3 is 10.6 Å². The summed E-state index contributed by atoms with van der Waals surface area (Å²) in [6.45, 7) is 6.21. The van der Waals surface area contributed by atoms with E-state index in [1.807, 2.05) is 0 Å². The Kier molecular flexibility index (Phi) is 4.72. The number of thiazole rings is 1. The van der Waals surface area contributed by atoms with Crippen LogP contribution in [0.1, 0.15) is 36.8 Å². The summed E-state index contributed by atoms with van der Waals surface area (Å²) in [7, 11) is 0. The summed E-state index contributed by atoms with van der Waals surface area (Å²) in [5.41, 5.74) is 1.09. The smallest absolute Gasteiger partial charge is 0.226 e. The zero-order valence-corrected chi connectivity index (χ0v) is 11.9. The third-order valence-electron chi connectivity index (χ3n) is 3.41. The molecule has 0 aromatic carbocycles. The maximum atomic E-state index is 11.9. The van der Waals surface area contributed by atoms with Gasteiger partial charge in [-0.2, -0.15) is 0 Å². The Hall–Kier alpha value is -0.940. The normalized spacial score (nSPS) is 16.8. The molecule has 0 bridgehead atoms. The number of carbonyl (C=O) groups excluding carboxylic acids is 1. The molecule has 0 spiro atoms. The maximum Gasteiger partial charge on any atom is 0.226 e. The van der Waals surface area contributed by atoms with E-state index in [2.05, 4.69) is 29.5 Å². The Labute approximate surface area is 112 Å². The van der Waals surface area contributed by atoms with Crippen molar-refractivity contribution in [3.8, 4) is 0 Å². The van der Waals surface area contributed by atoms with Crippen LogP contribution in [0.3, 0.4) is 0 Å². The average molecular weight is 267 g/mol. The molecule has 2 heterocycles. The summed E-state index contributed by atoms with van der Waals surface area (Å²) in [5, 5.41) is 7.00. The number of carbonyl (C=O) groups is 1. The van der Waals surface area contributed by atoms with Crippen LogP contribution in [0, 0.1) is 12.8 Å². The molecular formula is C13H21N3OS. The highest BCUT2D eigenvalue weighted by Crippen LogP contribution is 2.23. The van der Waals surface area contributed by atoms with Gasteiger partial charge in [0.1, 0.15) is 0 Å². The van der Waals surface area contributed by atoms with Crippen molar-refractivity contribution in [3.05, 3.63) is 10.6 Å². The first-order valence-corrected chi connectivity index (χ1v) is 7.47. The highest BCUT2D eigenvalue weighted by Gasteiger charge is 2.17. The van der Waals surface area contributed by atoms with E-state index in [0.29, 0.717) is 12.3 Å². The van der Waals surface area contributed by atoms with Gasteiger partial charge in [0, 0.05) is 11.3 Å². The molecule has 5 heteroatoms. The van der Waals surface area contributed by atoms with E-state index in [-0.39, 0.29) is 5.91 Å². The predicted molar refractivity (Wildman–Crippen MR) is 75.1 cm³/mol. The number of rotatable bonds is 4. The van der Waals surface area contributed by atoms with Crippen LogP contribution in [0.5, 0.6) is 0 Å². The summed E-state index contributed by atoms with van der Waals surface area (Å²) in [5.74, 6) is 0.635. The summed E-state index contributed by atoms with van der Waals surface area (Å²) in [6.07, 6.45) is 3.75. The van der Waals surface area contributed by atoms with Crippen molar-refractivity contribution in [2.75, 3.05) is 18.4 Å². The number of aryl methyl sites for hydroxylation is 2. The number of anilines is 1. The summed E-state index contributed by atoms with van der Waals surface area (Å²) in [4.78, 5) is 17.6. The van der Waals surface area contributed by atoms with Crippen molar-refractivity contribution in [3.63, 3.8) is 0 Å². The largest absolute Gasteiger partial charge is 0.317 e. The molecule has 1 aliphatic rings. The Bertz CT molecular complexity index is 410. The van der Waals surface area contributed by atoms with E-state index in [0.717, 1.165) is 43.2 Å². The second kappa shape index (κ2) is 6.29. The Morgan fingerprint density at radius 1 is 1.50 bits per heavy atom. The second-order valence-corrected chi connectivity index (χ2v) is 6.02. The highest BCUT2D eigenvalue weighted by molar-refractivity contribution is 7.15. The first kappa shape index (κ1) is 13.5. The van der Waals surface area contributed by atoms with Gasteiger partial charge >= 0.3 is 0 Å². The molecule has 2 rings (SSSR count). The van der Waals surface area contributed by atoms with Crippen molar-refractivity contribution >= 4 is 22.4 Å². The van der Waals surface area contributed by atoms with Crippen LogP contribution in [0.15, 0.2) is 0 Å². The summed E-state index contributed by atoms with van der Waals surface area (Å²) < 4.78 is 0. The van der Waals surface area contributed by atoms with Crippen molar-refractivity contribution in [2.24, 2.45) is 5.92 Å². The fourth-order valence-electron chi connectivity index (χ4n) is 2.33. The Morgan fingerprint density at radius 2 is 2.22 bits per heavy atom. The van der Waals surface area contributed by atoms with Crippen molar-refractivity contribution in [2.45, 2.75) is 39.5 Å². The van der Waals surface area contributed by atoms with Gasteiger partial charge in [-0.15, -0.1) is 11.3 Å². The molecule has 1 saturated heterocycles. The van der Waals surface area contributed by atoms with Crippen LogP contribution >= 0.6 is 11.3 Å². The molecular weight excluding hydrogens is 246 g/mol. The van der Waals surface area contributed by atoms with Crippen LogP contribution in [0.25, 0.3) is 0 Å². The molecule has 0 saturated carbocycles. The molecule has 2 N–H and O–H groups in total. The van der Waals surface area contributed by atoms with Gasteiger partial charge in [0.15, 0.2) is 5.13 Å². The van der Waals surface area contributed by atoms with Gasteiger partial charge in [-0.1, -0.05) is 6.92 Å². The lowest BCUT2D eigenvalue weighted by Gasteiger charge is -2.21. The number of hydrogen-bond donors (Lipinski definition) is 2. The quantitative estimate of drug-likeness (QED) is 0.880. The van der Waals surface area contributed by atoms with Crippen molar-refractivity contribution < 1.29 is 4.79 Å². The standard InChI is InChI=1S/C13H21N3OS/c1-3-11-9(2)18-13(15-11)16-12(17)8-10-4-6-14-7-5-10/h10,14H,3-8H2,1-2H3,(H,15,16,17).